The fourth-order valence-corrected chi connectivity index (χ4v) is 1.90. The van der Waals surface area contributed by atoms with Crippen LogP contribution in [0.25, 0.3) is 0 Å². The molecule has 1 amide bonds. The van der Waals surface area contributed by atoms with Crippen molar-refractivity contribution in [2.24, 2.45) is 5.10 Å². The molecular formula is C17H16F2N2O3. The lowest BCUT2D eigenvalue weighted by molar-refractivity contribution is -0.0498. The van der Waals surface area contributed by atoms with Crippen LogP contribution in [0.15, 0.2) is 53.6 Å². The number of hydrazone groups is 1. The fourth-order valence-electron chi connectivity index (χ4n) is 1.90. The van der Waals surface area contributed by atoms with Gasteiger partial charge in [0.1, 0.15) is 11.5 Å². The molecule has 0 atom stereocenters. The molecule has 2 aromatic carbocycles. The van der Waals surface area contributed by atoms with Gasteiger partial charge in [0.15, 0.2) is 0 Å². The standard InChI is InChI=1S/C17H16F2N2O3/c1-11(13-4-3-5-15(10-13)24-17(18)19)20-21-16(22)12-6-8-14(23-2)9-7-12/h3-10,17H,1-2H3,(H,21,22)/b20-11-. The van der Waals surface area contributed by atoms with Crippen LogP contribution in [0.3, 0.4) is 0 Å². The number of hydrogen-bond acceptors (Lipinski definition) is 4. The lowest BCUT2D eigenvalue weighted by Crippen LogP contribution is -2.19. The van der Waals surface area contributed by atoms with Gasteiger partial charge in [-0.3, -0.25) is 4.79 Å². The molecule has 2 rings (SSSR count). The minimum atomic E-state index is -2.90. The number of benzene rings is 2. The Morgan fingerprint density at radius 3 is 2.42 bits per heavy atom. The predicted octanol–water partition coefficient (Wildman–Crippen LogP) is 3.45. The molecule has 0 spiro atoms. The Morgan fingerprint density at radius 2 is 1.79 bits per heavy atom. The van der Waals surface area contributed by atoms with E-state index in [9.17, 15) is 13.6 Å². The van der Waals surface area contributed by atoms with Gasteiger partial charge in [0.2, 0.25) is 0 Å². The van der Waals surface area contributed by atoms with Crippen molar-refractivity contribution >= 4 is 11.6 Å². The highest BCUT2D eigenvalue weighted by Gasteiger charge is 2.07. The average Bonchev–Trinajstić information content (AvgIpc) is 2.59. The van der Waals surface area contributed by atoms with Crippen molar-refractivity contribution in [3.63, 3.8) is 0 Å². The molecular weight excluding hydrogens is 318 g/mol. The maximum atomic E-state index is 12.2. The molecule has 0 unspecified atom stereocenters. The van der Waals surface area contributed by atoms with Crippen molar-refractivity contribution in [1.82, 2.24) is 5.43 Å². The number of alkyl halides is 2. The molecule has 0 bridgehead atoms. The van der Waals surface area contributed by atoms with Gasteiger partial charge in [-0.05, 0) is 43.3 Å². The minimum absolute atomic E-state index is 0.0264. The summed E-state index contributed by atoms with van der Waals surface area (Å²) >= 11 is 0. The van der Waals surface area contributed by atoms with Gasteiger partial charge in [-0.2, -0.15) is 13.9 Å². The minimum Gasteiger partial charge on any atom is -0.497 e. The Kier molecular flexibility index (Phi) is 5.83. The number of ether oxygens (including phenoxy) is 2. The summed E-state index contributed by atoms with van der Waals surface area (Å²) in [6.07, 6.45) is 0. The molecule has 0 heterocycles. The van der Waals surface area contributed by atoms with E-state index in [1.807, 2.05) is 0 Å². The number of nitrogens with one attached hydrogen (secondary N) is 1. The van der Waals surface area contributed by atoms with E-state index in [-0.39, 0.29) is 5.75 Å². The largest absolute Gasteiger partial charge is 0.497 e. The third kappa shape index (κ3) is 4.77. The number of halogens is 2. The molecule has 5 nitrogen and oxygen atoms in total. The molecule has 0 aliphatic heterocycles. The van der Waals surface area contributed by atoms with Crippen LogP contribution >= 0.6 is 0 Å². The van der Waals surface area contributed by atoms with Crippen molar-refractivity contribution in [1.29, 1.82) is 0 Å². The van der Waals surface area contributed by atoms with E-state index in [1.165, 1.54) is 19.2 Å². The van der Waals surface area contributed by atoms with Gasteiger partial charge >= 0.3 is 6.61 Å². The average molecular weight is 334 g/mol. The Hall–Kier alpha value is -2.96. The van der Waals surface area contributed by atoms with Crippen LogP contribution in [-0.2, 0) is 0 Å². The fraction of sp³-hybridized carbons (Fsp3) is 0.176. The van der Waals surface area contributed by atoms with Crippen molar-refractivity contribution < 1.29 is 23.0 Å². The van der Waals surface area contributed by atoms with Gasteiger partial charge in [0.25, 0.3) is 5.91 Å². The van der Waals surface area contributed by atoms with E-state index < -0.39 is 12.5 Å². The van der Waals surface area contributed by atoms with E-state index in [1.54, 1.807) is 43.3 Å². The summed E-state index contributed by atoms with van der Waals surface area (Å²) < 4.78 is 33.8. The van der Waals surface area contributed by atoms with Gasteiger partial charge in [-0.15, -0.1) is 0 Å². The van der Waals surface area contributed by atoms with Crippen LogP contribution in [0.5, 0.6) is 11.5 Å². The Bertz CT molecular complexity index is 731. The zero-order valence-electron chi connectivity index (χ0n) is 13.1. The molecule has 0 saturated carbocycles. The molecule has 126 valence electrons. The first-order valence-electron chi connectivity index (χ1n) is 7.03. The highest BCUT2D eigenvalue weighted by Crippen LogP contribution is 2.16. The van der Waals surface area contributed by atoms with Crippen molar-refractivity contribution in [3.8, 4) is 11.5 Å². The van der Waals surface area contributed by atoms with Crippen molar-refractivity contribution in [2.45, 2.75) is 13.5 Å². The highest BCUT2D eigenvalue weighted by molar-refractivity contribution is 6.01. The first-order valence-corrected chi connectivity index (χ1v) is 7.03. The molecule has 2 aromatic rings. The van der Waals surface area contributed by atoms with Crippen LogP contribution in [0, 0.1) is 0 Å². The highest BCUT2D eigenvalue weighted by atomic mass is 19.3. The smallest absolute Gasteiger partial charge is 0.387 e. The third-order valence-corrected chi connectivity index (χ3v) is 3.15. The van der Waals surface area contributed by atoms with E-state index in [2.05, 4.69) is 15.3 Å². The predicted molar refractivity (Wildman–Crippen MR) is 85.7 cm³/mol. The van der Waals surface area contributed by atoms with Crippen molar-refractivity contribution in [2.75, 3.05) is 7.11 Å². The van der Waals surface area contributed by atoms with Crippen LogP contribution in [-0.4, -0.2) is 25.3 Å². The number of methoxy groups -OCH3 is 1. The summed E-state index contributed by atoms with van der Waals surface area (Å²) in [6, 6.07) is 12.6. The van der Waals surface area contributed by atoms with Gasteiger partial charge in [0, 0.05) is 11.1 Å². The zero-order valence-corrected chi connectivity index (χ0v) is 13.1. The summed E-state index contributed by atoms with van der Waals surface area (Å²) in [5.41, 5.74) is 3.85. The lowest BCUT2D eigenvalue weighted by Gasteiger charge is -2.07. The quantitative estimate of drug-likeness (QED) is 0.650. The van der Waals surface area contributed by atoms with E-state index in [0.717, 1.165) is 0 Å². The van der Waals surface area contributed by atoms with E-state index in [4.69, 9.17) is 4.74 Å². The van der Waals surface area contributed by atoms with E-state index in [0.29, 0.717) is 22.6 Å². The summed E-state index contributed by atoms with van der Waals surface area (Å²) in [7, 11) is 1.54. The second kappa shape index (κ2) is 8.05. The monoisotopic (exact) mass is 334 g/mol. The number of carbonyl (C=O) groups excluding carboxylic acids is 1. The van der Waals surface area contributed by atoms with Crippen LogP contribution in [0.4, 0.5) is 8.78 Å². The number of amides is 1. The van der Waals surface area contributed by atoms with Gasteiger partial charge in [-0.1, -0.05) is 12.1 Å². The topological polar surface area (TPSA) is 59.9 Å². The molecule has 0 radical (unpaired) electrons. The van der Waals surface area contributed by atoms with Crippen molar-refractivity contribution in [3.05, 3.63) is 59.7 Å². The second-order valence-corrected chi connectivity index (χ2v) is 4.77. The van der Waals surface area contributed by atoms with Gasteiger partial charge in [0.05, 0.1) is 12.8 Å². The van der Waals surface area contributed by atoms with Crippen LogP contribution in [0.1, 0.15) is 22.8 Å². The normalized spacial score (nSPS) is 11.3. The number of nitrogens with zero attached hydrogens (tertiary/aromatic N) is 1. The first-order chi connectivity index (χ1) is 11.5. The molecule has 0 saturated heterocycles. The maximum absolute atomic E-state index is 12.2. The Labute approximate surface area is 137 Å². The number of hydrogen-bond donors (Lipinski definition) is 1. The molecule has 0 aliphatic rings. The summed E-state index contributed by atoms with van der Waals surface area (Å²) in [5.74, 6) is 0.276. The Morgan fingerprint density at radius 1 is 1.08 bits per heavy atom. The molecule has 0 aromatic heterocycles. The van der Waals surface area contributed by atoms with Crippen LogP contribution in [0.2, 0.25) is 0 Å². The summed E-state index contributed by atoms with van der Waals surface area (Å²) in [4.78, 5) is 12.0. The first kappa shape index (κ1) is 17.4. The van der Waals surface area contributed by atoms with Crippen LogP contribution < -0.4 is 14.9 Å². The molecule has 1 N–H and O–H groups in total. The van der Waals surface area contributed by atoms with Gasteiger partial charge in [-0.25, -0.2) is 5.43 Å². The second-order valence-electron chi connectivity index (χ2n) is 4.77. The summed E-state index contributed by atoms with van der Waals surface area (Å²) in [6.45, 7) is -1.25. The molecule has 0 aliphatic carbocycles. The van der Waals surface area contributed by atoms with E-state index >= 15 is 0 Å². The maximum Gasteiger partial charge on any atom is 0.387 e. The van der Waals surface area contributed by atoms with Gasteiger partial charge < -0.3 is 9.47 Å². The molecule has 7 heteroatoms. The molecule has 0 fully saturated rings. The molecule has 24 heavy (non-hydrogen) atoms. The SMILES string of the molecule is COc1ccc(C(=O)N/N=C(/C)c2cccc(OC(F)F)c2)cc1. The zero-order chi connectivity index (χ0) is 17.5. The number of rotatable bonds is 6. The third-order valence-electron chi connectivity index (χ3n) is 3.15. The Balaban J connectivity index is 2.06. The lowest BCUT2D eigenvalue weighted by atomic mass is 10.1. The number of carbonyl (C=O) groups is 1. The summed E-state index contributed by atoms with van der Waals surface area (Å²) in [5, 5.41) is 3.98.